The molecule has 0 radical (unpaired) electrons. The molecular formula is C15H11N4O4-. The van der Waals surface area contributed by atoms with Crippen molar-refractivity contribution in [1.29, 1.82) is 0 Å². The van der Waals surface area contributed by atoms with Crippen LogP contribution in [0.2, 0.25) is 0 Å². The van der Waals surface area contributed by atoms with E-state index in [1.165, 1.54) is 10.9 Å². The summed E-state index contributed by atoms with van der Waals surface area (Å²) in [5.74, 6) is -0.0744. The average Bonchev–Trinajstić information content (AvgIpc) is 2.91. The number of benzene rings is 2. The minimum absolute atomic E-state index is 0.0841. The molecule has 23 heavy (non-hydrogen) atoms. The van der Waals surface area contributed by atoms with Gasteiger partial charge in [0.25, 0.3) is 5.69 Å². The third kappa shape index (κ3) is 2.74. The van der Waals surface area contributed by atoms with Gasteiger partial charge in [0.05, 0.1) is 22.2 Å². The second kappa shape index (κ2) is 5.85. The number of nitro benzene ring substituents is 1. The molecule has 0 spiro atoms. The van der Waals surface area contributed by atoms with E-state index >= 15 is 0 Å². The van der Waals surface area contributed by atoms with Gasteiger partial charge >= 0.3 is 0 Å². The fraction of sp³-hybridized carbons (Fsp3) is 0.0667. The number of fused-ring (bicyclic) bond motifs is 1. The van der Waals surface area contributed by atoms with Gasteiger partial charge in [-0.1, -0.05) is 23.9 Å². The summed E-state index contributed by atoms with van der Waals surface area (Å²) >= 11 is 0. The molecule has 0 unspecified atom stereocenters. The number of nitro groups is 1. The first-order valence-corrected chi connectivity index (χ1v) is 6.67. The molecule has 3 rings (SSSR count). The zero-order valence-electron chi connectivity index (χ0n) is 11.8. The molecule has 8 nitrogen and oxygen atoms in total. The monoisotopic (exact) mass is 311 g/mol. The highest BCUT2D eigenvalue weighted by Crippen LogP contribution is 2.20. The molecule has 0 saturated heterocycles. The standard InChI is InChI=1S/C15H12N4O4/c20-9-15-17-12-3-1-2-4-13(12)18(15)16-8-10-7-11(19(22)23)5-6-14(10)21/h1-8,20-21H,9H2/p-1/b16-8-. The number of non-ortho nitro benzene ring substituents is 1. The van der Waals surface area contributed by atoms with Crippen molar-refractivity contribution in [2.75, 3.05) is 0 Å². The highest BCUT2D eigenvalue weighted by molar-refractivity contribution is 5.85. The smallest absolute Gasteiger partial charge is 0.270 e. The number of aliphatic hydroxyl groups excluding tert-OH is 1. The van der Waals surface area contributed by atoms with Gasteiger partial charge in [0.15, 0.2) is 5.82 Å². The number of para-hydroxylation sites is 2. The van der Waals surface area contributed by atoms with Gasteiger partial charge in [0.1, 0.15) is 6.61 Å². The number of nitrogens with zero attached hydrogens (tertiary/aromatic N) is 4. The maximum Gasteiger partial charge on any atom is 0.270 e. The molecule has 116 valence electrons. The molecule has 1 N–H and O–H groups in total. The van der Waals surface area contributed by atoms with E-state index in [1.807, 2.05) is 0 Å². The molecule has 1 heterocycles. The summed E-state index contributed by atoms with van der Waals surface area (Å²) < 4.78 is 1.40. The predicted octanol–water partition coefficient (Wildman–Crippen LogP) is 1.39. The Morgan fingerprint density at radius 1 is 1.30 bits per heavy atom. The van der Waals surface area contributed by atoms with Crippen molar-refractivity contribution in [1.82, 2.24) is 9.66 Å². The van der Waals surface area contributed by atoms with Crippen molar-refractivity contribution >= 4 is 22.9 Å². The lowest BCUT2D eigenvalue weighted by Gasteiger charge is -2.09. The van der Waals surface area contributed by atoms with Crippen LogP contribution in [0.3, 0.4) is 0 Å². The third-order valence-electron chi connectivity index (χ3n) is 3.26. The Kier molecular flexibility index (Phi) is 3.73. The van der Waals surface area contributed by atoms with Crippen molar-refractivity contribution < 1.29 is 15.1 Å². The molecular weight excluding hydrogens is 300 g/mol. The molecule has 3 aromatic rings. The number of imidazole rings is 1. The third-order valence-corrected chi connectivity index (χ3v) is 3.26. The molecule has 1 aromatic heterocycles. The Bertz CT molecular complexity index is 917. The highest BCUT2D eigenvalue weighted by Gasteiger charge is 2.09. The SMILES string of the molecule is O=[N+]([O-])c1ccc([O-])c(/C=N\n2c(CO)nc3ccccc32)c1. The molecule has 0 atom stereocenters. The highest BCUT2D eigenvalue weighted by atomic mass is 16.6. The zero-order valence-corrected chi connectivity index (χ0v) is 11.8. The fourth-order valence-electron chi connectivity index (χ4n) is 2.16. The number of hydrogen-bond acceptors (Lipinski definition) is 6. The predicted molar refractivity (Wildman–Crippen MR) is 81.2 cm³/mol. The van der Waals surface area contributed by atoms with Gasteiger partial charge in [-0.3, -0.25) is 10.1 Å². The summed E-state index contributed by atoms with van der Waals surface area (Å²) in [5, 5.41) is 36.1. The maximum absolute atomic E-state index is 11.8. The van der Waals surface area contributed by atoms with Gasteiger partial charge in [0, 0.05) is 12.1 Å². The molecule has 2 aromatic carbocycles. The Hall–Kier alpha value is -3.26. The van der Waals surface area contributed by atoms with Gasteiger partial charge in [-0.25, -0.2) is 9.66 Å². The van der Waals surface area contributed by atoms with E-state index < -0.39 is 4.92 Å². The largest absolute Gasteiger partial charge is 0.872 e. The Labute approximate surface area is 130 Å². The van der Waals surface area contributed by atoms with Crippen LogP contribution in [0.4, 0.5) is 5.69 Å². The van der Waals surface area contributed by atoms with Crippen LogP contribution in [0.1, 0.15) is 11.4 Å². The summed E-state index contributed by atoms with van der Waals surface area (Å²) in [5.41, 5.74) is 1.20. The topological polar surface area (TPSA) is 117 Å². The molecule has 0 aliphatic rings. The second-order valence-corrected chi connectivity index (χ2v) is 4.71. The molecule has 0 fully saturated rings. The van der Waals surface area contributed by atoms with Crippen LogP contribution in [-0.2, 0) is 6.61 Å². The summed E-state index contributed by atoms with van der Waals surface area (Å²) in [7, 11) is 0. The van der Waals surface area contributed by atoms with Crippen LogP contribution in [0.5, 0.6) is 5.75 Å². The van der Waals surface area contributed by atoms with Crippen LogP contribution >= 0.6 is 0 Å². The zero-order chi connectivity index (χ0) is 16.4. The van der Waals surface area contributed by atoms with Gasteiger partial charge < -0.3 is 10.2 Å². The summed E-state index contributed by atoms with van der Waals surface area (Å²) in [6.45, 7) is -0.328. The van der Waals surface area contributed by atoms with Crippen LogP contribution in [-0.4, -0.2) is 25.9 Å². The van der Waals surface area contributed by atoms with Crippen molar-refractivity contribution in [2.45, 2.75) is 6.61 Å². The fourth-order valence-corrected chi connectivity index (χ4v) is 2.16. The minimum atomic E-state index is -0.581. The van der Waals surface area contributed by atoms with Gasteiger partial charge in [-0.05, 0) is 17.7 Å². The van der Waals surface area contributed by atoms with Crippen molar-refractivity contribution in [3.63, 3.8) is 0 Å². The first-order chi connectivity index (χ1) is 11.1. The van der Waals surface area contributed by atoms with Crippen LogP contribution in [0.15, 0.2) is 47.6 Å². The Morgan fingerprint density at radius 3 is 2.83 bits per heavy atom. The lowest BCUT2D eigenvalue weighted by Crippen LogP contribution is -2.01. The quantitative estimate of drug-likeness (QED) is 0.444. The molecule has 0 aliphatic carbocycles. The molecule has 0 bridgehead atoms. The number of aliphatic hydroxyl groups is 1. The lowest BCUT2D eigenvalue weighted by molar-refractivity contribution is -0.385. The normalized spacial score (nSPS) is 11.3. The average molecular weight is 311 g/mol. The second-order valence-electron chi connectivity index (χ2n) is 4.71. The van der Waals surface area contributed by atoms with Crippen LogP contribution < -0.4 is 5.11 Å². The number of hydrogen-bond donors (Lipinski definition) is 1. The van der Waals surface area contributed by atoms with Gasteiger partial charge in [-0.15, -0.1) is 0 Å². The number of rotatable bonds is 4. The van der Waals surface area contributed by atoms with Crippen molar-refractivity contribution in [3.05, 3.63) is 64.0 Å². The van der Waals surface area contributed by atoms with E-state index in [-0.39, 0.29) is 23.6 Å². The molecule has 8 heteroatoms. The van der Waals surface area contributed by atoms with E-state index in [0.29, 0.717) is 16.9 Å². The first-order valence-electron chi connectivity index (χ1n) is 6.67. The van der Waals surface area contributed by atoms with E-state index in [0.717, 1.165) is 18.2 Å². The van der Waals surface area contributed by atoms with E-state index in [1.54, 1.807) is 24.3 Å². The first kappa shape index (κ1) is 14.7. The summed E-state index contributed by atoms with van der Waals surface area (Å²) in [4.78, 5) is 14.4. The van der Waals surface area contributed by atoms with Crippen molar-refractivity contribution in [3.8, 4) is 5.75 Å². The minimum Gasteiger partial charge on any atom is -0.872 e. The molecule has 0 amide bonds. The Balaban J connectivity index is 2.07. The van der Waals surface area contributed by atoms with Crippen LogP contribution in [0.25, 0.3) is 11.0 Å². The molecule has 0 saturated carbocycles. The van der Waals surface area contributed by atoms with Gasteiger partial charge in [0.2, 0.25) is 0 Å². The van der Waals surface area contributed by atoms with Crippen LogP contribution in [0, 0.1) is 10.1 Å². The summed E-state index contributed by atoms with van der Waals surface area (Å²) in [6.07, 6.45) is 1.22. The number of aromatic nitrogens is 2. The van der Waals surface area contributed by atoms with E-state index in [9.17, 15) is 20.3 Å². The van der Waals surface area contributed by atoms with E-state index in [4.69, 9.17) is 0 Å². The summed E-state index contributed by atoms with van der Waals surface area (Å²) in [6, 6.07) is 10.6. The maximum atomic E-state index is 11.8. The van der Waals surface area contributed by atoms with Crippen molar-refractivity contribution in [2.24, 2.45) is 5.10 Å². The Morgan fingerprint density at radius 2 is 2.09 bits per heavy atom. The lowest BCUT2D eigenvalue weighted by atomic mass is 10.2. The molecule has 0 aliphatic heterocycles. The van der Waals surface area contributed by atoms with E-state index in [2.05, 4.69) is 10.1 Å². The van der Waals surface area contributed by atoms with Gasteiger partial charge in [-0.2, -0.15) is 5.10 Å².